The minimum atomic E-state index is -1.14. The van der Waals surface area contributed by atoms with Crippen molar-refractivity contribution in [1.29, 1.82) is 0 Å². The summed E-state index contributed by atoms with van der Waals surface area (Å²) in [6, 6.07) is 0. The summed E-state index contributed by atoms with van der Waals surface area (Å²) in [7, 11) is 0. The summed E-state index contributed by atoms with van der Waals surface area (Å²) in [6.45, 7) is 4.12. The molecule has 0 aromatic rings. The Bertz CT molecular complexity index is 376. The molecular formula is C22H40O4. The van der Waals surface area contributed by atoms with E-state index in [2.05, 4.69) is 6.92 Å². The predicted molar refractivity (Wildman–Crippen MR) is 107 cm³/mol. The molecule has 0 aliphatic heterocycles. The zero-order valence-electron chi connectivity index (χ0n) is 17.0. The van der Waals surface area contributed by atoms with E-state index in [4.69, 9.17) is 9.84 Å². The van der Waals surface area contributed by atoms with Crippen molar-refractivity contribution in [2.24, 2.45) is 0 Å². The first-order valence-electron chi connectivity index (χ1n) is 10.7. The second-order valence-electron chi connectivity index (χ2n) is 7.30. The second-order valence-corrected chi connectivity index (χ2v) is 7.30. The number of rotatable bonds is 18. The lowest BCUT2D eigenvalue weighted by molar-refractivity contribution is -0.143. The molecule has 0 saturated carbocycles. The van der Waals surface area contributed by atoms with Gasteiger partial charge < -0.3 is 9.84 Å². The molecular weight excluding hydrogens is 328 g/mol. The van der Waals surface area contributed by atoms with Gasteiger partial charge in [-0.1, -0.05) is 90.4 Å². The van der Waals surface area contributed by atoms with Crippen molar-refractivity contribution in [2.75, 3.05) is 0 Å². The molecule has 0 aromatic carbocycles. The number of hydrogen-bond donors (Lipinski definition) is 1. The normalized spacial score (nSPS) is 12.4. The molecule has 0 amide bonds. The van der Waals surface area contributed by atoms with Crippen molar-refractivity contribution in [1.82, 2.24) is 0 Å². The van der Waals surface area contributed by atoms with Crippen LogP contribution in [-0.4, -0.2) is 23.1 Å². The number of carbonyl (C=O) groups excluding carboxylic acids is 1. The van der Waals surface area contributed by atoms with E-state index in [1.165, 1.54) is 83.5 Å². The lowest BCUT2D eigenvalue weighted by Crippen LogP contribution is -2.13. The molecule has 0 aliphatic rings. The average Bonchev–Trinajstić information content (AvgIpc) is 2.60. The third-order valence-corrected chi connectivity index (χ3v) is 4.64. The molecule has 0 aliphatic carbocycles. The van der Waals surface area contributed by atoms with Gasteiger partial charge in [0.25, 0.3) is 0 Å². The van der Waals surface area contributed by atoms with Crippen LogP contribution in [0.4, 0.5) is 0 Å². The lowest BCUT2D eigenvalue weighted by Gasteiger charge is -2.11. The van der Waals surface area contributed by atoms with Crippen molar-refractivity contribution in [3.8, 4) is 0 Å². The lowest BCUT2D eigenvalue weighted by atomic mass is 10.0. The van der Waals surface area contributed by atoms with E-state index in [9.17, 15) is 9.59 Å². The number of ether oxygens (including phenoxy) is 1. The molecule has 1 N–H and O–H groups in total. The highest BCUT2D eigenvalue weighted by atomic mass is 16.5. The zero-order valence-corrected chi connectivity index (χ0v) is 17.0. The fourth-order valence-corrected chi connectivity index (χ4v) is 3.06. The Morgan fingerprint density at radius 3 is 1.62 bits per heavy atom. The number of carbonyl (C=O) groups is 2. The fraction of sp³-hybridized carbons (Fsp3) is 0.818. The molecule has 0 radical (unpaired) electrons. The second kappa shape index (κ2) is 18.5. The smallest absolute Gasteiger partial charge is 0.331 e. The van der Waals surface area contributed by atoms with E-state index in [-0.39, 0.29) is 6.10 Å². The van der Waals surface area contributed by atoms with E-state index in [1.54, 1.807) is 0 Å². The van der Waals surface area contributed by atoms with Gasteiger partial charge in [-0.2, -0.15) is 0 Å². The first kappa shape index (κ1) is 24.7. The Kier molecular flexibility index (Phi) is 17.5. The molecule has 152 valence electrons. The van der Waals surface area contributed by atoms with Gasteiger partial charge in [0.05, 0.1) is 6.10 Å². The fourth-order valence-electron chi connectivity index (χ4n) is 3.06. The van der Waals surface area contributed by atoms with Crippen LogP contribution in [0.3, 0.4) is 0 Å². The van der Waals surface area contributed by atoms with Gasteiger partial charge in [-0.25, -0.2) is 9.59 Å². The SMILES string of the molecule is CCCCCCCCCCCCCCCCC(C)OC(=O)C=CC(=O)O. The van der Waals surface area contributed by atoms with Crippen LogP contribution in [0.2, 0.25) is 0 Å². The highest BCUT2D eigenvalue weighted by Crippen LogP contribution is 2.14. The summed E-state index contributed by atoms with van der Waals surface area (Å²) in [4.78, 5) is 21.6. The van der Waals surface area contributed by atoms with E-state index >= 15 is 0 Å². The van der Waals surface area contributed by atoms with Gasteiger partial charge in [-0.3, -0.25) is 0 Å². The standard InChI is InChI=1S/C22H40O4/c1-3-4-5-6-7-8-9-10-11-12-13-14-15-16-17-20(2)26-22(25)19-18-21(23)24/h18-20H,3-17H2,1-2H3,(H,23,24). The summed E-state index contributed by atoms with van der Waals surface area (Å²) in [6.07, 6.45) is 21.0. The van der Waals surface area contributed by atoms with Crippen molar-refractivity contribution >= 4 is 11.9 Å². The molecule has 0 fully saturated rings. The maximum absolute atomic E-state index is 11.3. The monoisotopic (exact) mass is 368 g/mol. The summed E-state index contributed by atoms with van der Waals surface area (Å²) >= 11 is 0. The molecule has 1 unspecified atom stereocenters. The molecule has 1 atom stereocenters. The van der Waals surface area contributed by atoms with E-state index in [0.29, 0.717) is 0 Å². The Morgan fingerprint density at radius 2 is 1.19 bits per heavy atom. The number of esters is 1. The number of carboxylic acid groups (broad SMARTS) is 1. The molecule has 26 heavy (non-hydrogen) atoms. The average molecular weight is 369 g/mol. The van der Waals surface area contributed by atoms with Gasteiger partial charge in [-0.15, -0.1) is 0 Å². The minimum absolute atomic E-state index is 0.154. The third kappa shape index (κ3) is 19.0. The molecule has 0 heterocycles. The quantitative estimate of drug-likeness (QED) is 0.172. The summed E-state index contributed by atoms with van der Waals surface area (Å²) in [5.74, 6) is -1.72. The molecule has 0 bridgehead atoms. The Balaban J connectivity index is 3.30. The van der Waals surface area contributed by atoms with Crippen LogP contribution in [0.25, 0.3) is 0 Å². The highest BCUT2D eigenvalue weighted by molar-refractivity contribution is 5.90. The van der Waals surface area contributed by atoms with E-state index in [1.807, 2.05) is 6.92 Å². The van der Waals surface area contributed by atoms with Gasteiger partial charge in [0, 0.05) is 12.2 Å². The van der Waals surface area contributed by atoms with Gasteiger partial charge in [0.1, 0.15) is 0 Å². The van der Waals surface area contributed by atoms with Crippen LogP contribution in [0.5, 0.6) is 0 Å². The van der Waals surface area contributed by atoms with Gasteiger partial charge >= 0.3 is 11.9 Å². The van der Waals surface area contributed by atoms with Crippen molar-refractivity contribution < 1.29 is 19.4 Å². The van der Waals surface area contributed by atoms with E-state index < -0.39 is 11.9 Å². The molecule has 4 nitrogen and oxygen atoms in total. The molecule has 0 rings (SSSR count). The number of hydrogen-bond acceptors (Lipinski definition) is 3. The van der Waals surface area contributed by atoms with Crippen molar-refractivity contribution in [2.45, 2.75) is 116 Å². The number of carboxylic acids is 1. The largest absolute Gasteiger partial charge is 0.478 e. The van der Waals surface area contributed by atoms with Crippen LogP contribution in [0.1, 0.15) is 110 Å². The Morgan fingerprint density at radius 1 is 0.769 bits per heavy atom. The molecule has 0 spiro atoms. The van der Waals surface area contributed by atoms with Crippen molar-refractivity contribution in [3.63, 3.8) is 0 Å². The maximum Gasteiger partial charge on any atom is 0.331 e. The maximum atomic E-state index is 11.3. The zero-order chi connectivity index (χ0) is 19.5. The summed E-state index contributed by atoms with van der Waals surface area (Å²) < 4.78 is 5.13. The van der Waals surface area contributed by atoms with Crippen LogP contribution < -0.4 is 0 Å². The van der Waals surface area contributed by atoms with Crippen LogP contribution in [0.15, 0.2) is 12.2 Å². The summed E-state index contributed by atoms with van der Waals surface area (Å²) in [5, 5.41) is 8.45. The Labute approximate surface area is 160 Å². The topological polar surface area (TPSA) is 63.6 Å². The summed E-state index contributed by atoms with van der Waals surface area (Å²) in [5.41, 5.74) is 0. The van der Waals surface area contributed by atoms with Gasteiger partial charge in [0.15, 0.2) is 0 Å². The minimum Gasteiger partial charge on any atom is -0.478 e. The first-order valence-corrected chi connectivity index (χ1v) is 10.7. The molecule has 0 aromatic heterocycles. The van der Waals surface area contributed by atoms with Crippen molar-refractivity contribution in [3.05, 3.63) is 12.2 Å². The Hall–Kier alpha value is -1.32. The van der Waals surface area contributed by atoms with Gasteiger partial charge in [0.2, 0.25) is 0 Å². The highest BCUT2D eigenvalue weighted by Gasteiger charge is 2.06. The van der Waals surface area contributed by atoms with Gasteiger partial charge in [-0.05, 0) is 19.8 Å². The van der Waals surface area contributed by atoms with E-state index in [0.717, 1.165) is 25.0 Å². The first-order chi connectivity index (χ1) is 12.6. The third-order valence-electron chi connectivity index (χ3n) is 4.64. The molecule has 0 saturated heterocycles. The number of aliphatic carboxylic acids is 1. The predicted octanol–water partition coefficient (Wildman–Crippen LogP) is 6.43. The number of unbranched alkanes of at least 4 members (excludes halogenated alkanes) is 13. The van der Waals surface area contributed by atoms with Crippen LogP contribution >= 0.6 is 0 Å². The molecule has 4 heteroatoms. The van der Waals surface area contributed by atoms with Crippen LogP contribution in [-0.2, 0) is 14.3 Å². The van der Waals surface area contributed by atoms with Crippen LogP contribution in [0, 0.1) is 0 Å².